The minimum atomic E-state index is 0.356. The van der Waals surface area contributed by atoms with Gasteiger partial charge in [0, 0.05) is 36.4 Å². The monoisotopic (exact) mass is 321 g/mol. The molecular formula is C15H20BrN3. The third-order valence-electron chi connectivity index (χ3n) is 3.61. The SMILES string of the molecule is CNC(CCc1nccn1C)c1cccc(Br)c1C. The quantitative estimate of drug-likeness (QED) is 0.914. The Hall–Kier alpha value is -1.13. The molecule has 0 saturated carbocycles. The highest BCUT2D eigenvalue weighted by Crippen LogP contribution is 2.27. The zero-order valence-corrected chi connectivity index (χ0v) is 13.2. The van der Waals surface area contributed by atoms with Crippen LogP contribution in [0.3, 0.4) is 0 Å². The molecule has 0 saturated heterocycles. The maximum absolute atomic E-state index is 4.38. The van der Waals surface area contributed by atoms with E-state index < -0.39 is 0 Å². The Morgan fingerprint density at radius 1 is 1.42 bits per heavy atom. The van der Waals surface area contributed by atoms with E-state index in [1.165, 1.54) is 15.6 Å². The summed E-state index contributed by atoms with van der Waals surface area (Å²) in [5.41, 5.74) is 2.66. The number of aryl methyl sites for hydroxylation is 2. The number of nitrogens with zero attached hydrogens (tertiary/aromatic N) is 2. The summed E-state index contributed by atoms with van der Waals surface area (Å²) < 4.78 is 3.25. The largest absolute Gasteiger partial charge is 0.338 e. The van der Waals surface area contributed by atoms with Crippen molar-refractivity contribution < 1.29 is 0 Å². The zero-order valence-electron chi connectivity index (χ0n) is 11.7. The van der Waals surface area contributed by atoms with Crippen LogP contribution in [-0.2, 0) is 13.5 Å². The Kier molecular flexibility index (Phi) is 4.77. The number of imidazole rings is 1. The Balaban J connectivity index is 2.12. The first kappa shape index (κ1) is 14.3. The normalized spacial score (nSPS) is 12.6. The van der Waals surface area contributed by atoms with E-state index in [-0.39, 0.29) is 0 Å². The van der Waals surface area contributed by atoms with Gasteiger partial charge < -0.3 is 9.88 Å². The van der Waals surface area contributed by atoms with Crippen molar-refractivity contribution in [2.45, 2.75) is 25.8 Å². The number of halogens is 1. The van der Waals surface area contributed by atoms with Gasteiger partial charge in [-0.3, -0.25) is 0 Å². The molecule has 1 aromatic carbocycles. The molecule has 1 atom stereocenters. The summed E-state index contributed by atoms with van der Waals surface area (Å²) in [4.78, 5) is 4.38. The first-order chi connectivity index (χ1) is 9.13. The maximum atomic E-state index is 4.38. The molecule has 0 bridgehead atoms. The highest BCUT2D eigenvalue weighted by molar-refractivity contribution is 9.10. The Morgan fingerprint density at radius 2 is 2.21 bits per heavy atom. The van der Waals surface area contributed by atoms with Gasteiger partial charge in [-0.2, -0.15) is 0 Å². The van der Waals surface area contributed by atoms with Crippen LogP contribution in [0.1, 0.15) is 29.4 Å². The van der Waals surface area contributed by atoms with Gasteiger partial charge in [0.1, 0.15) is 5.82 Å². The molecule has 0 radical (unpaired) electrons. The van der Waals surface area contributed by atoms with E-state index in [0.29, 0.717) is 6.04 Å². The van der Waals surface area contributed by atoms with E-state index in [9.17, 15) is 0 Å². The molecule has 0 aliphatic heterocycles. The summed E-state index contributed by atoms with van der Waals surface area (Å²) in [7, 11) is 4.06. The Bertz CT molecular complexity index is 548. The number of aromatic nitrogens is 2. The molecular weight excluding hydrogens is 302 g/mol. The van der Waals surface area contributed by atoms with Crippen molar-refractivity contribution in [2.75, 3.05) is 7.05 Å². The molecule has 2 aromatic rings. The number of hydrogen-bond donors (Lipinski definition) is 1. The fourth-order valence-electron chi connectivity index (χ4n) is 2.37. The number of benzene rings is 1. The summed E-state index contributed by atoms with van der Waals surface area (Å²) >= 11 is 3.60. The van der Waals surface area contributed by atoms with Gasteiger partial charge in [0.25, 0.3) is 0 Å². The topological polar surface area (TPSA) is 29.9 Å². The molecule has 1 unspecified atom stereocenters. The fourth-order valence-corrected chi connectivity index (χ4v) is 2.75. The van der Waals surface area contributed by atoms with Crippen molar-refractivity contribution in [3.8, 4) is 0 Å². The molecule has 1 N–H and O–H groups in total. The standard InChI is InChI=1S/C15H20BrN3/c1-11-12(5-4-6-13(11)16)14(17-2)7-8-15-18-9-10-19(15)3/h4-6,9-10,14,17H,7-8H2,1-3H3. The highest BCUT2D eigenvalue weighted by atomic mass is 79.9. The predicted molar refractivity (Wildman–Crippen MR) is 82.2 cm³/mol. The van der Waals surface area contributed by atoms with Gasteiger partial charge in [0.2, 0.25) is 0 Å². The second-order valence-electron chi connectivity index (χ2n) is 4.79. The lowest BCUT2D eigenvalue weighted by atomic mass is 9.97. The van der Waals surface area contributed by atoms with E-state index >= 15 is 0 Å². The zero-order chi connectivity index (χ0) is 13.8. The Labute approximate surface area is 123 Å². The third-order valence-corrected chi connectivity index (χ3v) is 4.47. The van der Waals surface area contributed by atoms with Crippen LogP contribution in [0, 0.1) is 6.92 Å². The van der Waals surface area contributed by atoms with E-state index in [4.69, 9.17) is 0 Å². The van der Waals surface area contributed by atoms with Gasteiger partial charge in [-0.1, -0.05) is 28.1 Å². The average molecular weight is 322 g/mol. The van der Waals surface area contributed by atoms with Crippen LogP contribution in [0.15, 0.2) is 35.1 Å². The van der Waals surface area contributed by atoms with Crippen molar-refractivity contribution in [3.63, 3.8) is 0 Å². The third kappa shape index (κ3) is 3.25. The maximum Gasteiger partial charge on any atom is 0.108 e. The van der Waals surface area contributed by atoms with Gasteiger partial charge in [0.15, 0.2) is 0 Å². The molecule has 0 aliphatic rings. The number of nitrogens with one attached hydrogen (secondary N) is 1. The van der Waals surface area contributed by atoms with Crippen LogP contribution < -0.4 is 5.32 Å². The van der Waals surface area contributed by atoms with Crippen molar-refractivity contribution >= 4 is 15.9 Å². The molecule has 4 heteroatoms. The number of rotatable bonds is 5. The second kappa shape index (κ2) is 6.35. The first-order valence-electron chi connectivity index (χ1n) is 6.52. The summed E-state index contributed by atoms with van der Waals surface area (Å²) in [5.74, 6) is 1.13. The van der Waals surface area contributed by atoms with Crippen molar-refractivity contribution in [2.24, 2.45) is 7.05 Å². The summed E-state index contributed by atoms with van der Waals surface area (Å²) in [5, 5.41) is 3.41. The molecule has 0 spiro atoms. The van der Waals surface area contributed by atoms with Crippen molar-refractivity contribution in [3.05, 3.63) is 52.0 Å². The molecule has 1 aromatic heterocycles. The van der Waals surface area contributed by atoms with Crippen LogP contribution in [0.5, 0.6) is 0 Å². The summed E-state index contributed by atoms with van der Waals surface area (Å²) in [6, 6.07) is 6.73. The van der Waals surface area contributed by atoms with Crippen LogP contribution in [0.2, 0.25) is 0 Å². The van der Waals surface area contributed by atoms with E-state index in [0.717, 1.165) is 18.7 Å². The van der Waals surface area contributed by atoms with E-state index in [2.05, 4.69) is 55.9 Å². The smallest absolute Gasteiger partial charge is 0.108 e. The molecule has 19 heavy (non-hydrogen) atoms. The Morgan fingerprint density at radius 3 is 2.84 bits per heavy atom. The van der Waals surface area contributed by atoms with Crippen LogP contribution in [0.4, 0.5) is 0 Å². The van der Waals surface area contributed by atoms with Gasteiger partial charge >= 0.3 is 0 Å². The van der Waals surface area contributed by atoms with Gasteiger partial charge in [0.05, 0.1) is 0 Å². The summed E-state index contributed by atoms with van der Waals surface area (Å²) in [6.07, 6.45) is 5.86. The number of hydrogen-bond acceptors (Lipinski definition) is 2. The van der Waals surface area contributed by atoms with Crippen LogP contribution in [0.25, 0.3) is 0 Å². The molecule has 102 valence electrons. The highest BCUT2D eigenvalue weighted by Gasteiger charge is 2.14. The van der Waals surface area contributed by atoms with Crippen LogP contribution in [-0.4, -0.2) is 16.6 Å². The van der Waals surface area contributed by atoms with E-state index in [1.807, 2.05) is 26.5 Å². The van der Waals surface area contributed by atoms with E-state index in [1.54, 1.807) is 0 Å². The van der Waals surface area contributed by atoms with Crippen molar-refractivity contribution in [1.29, 1.82) is 0 Å². The lowest BCUT2D eigenvalue weighted by Gasteiger charge is -2.19. The molecule has 0 fully saturated rings. The predicted octanol–water partition coefficient (Wildman–Crippen LogP) is 3.38. The van der Waals surface area contributed by atoms with Crippen LogP contribution >= 0.6 is 15.9 Å². The minimum absolute atomic E-state index is 0.356. The van der Waals surface area contributed by atoms with Gasteiger partial charge in [-0.25, -0.2) is 4.98 Å². The molecule has 0 aliphatic carbocycles. The van der Waals surface area contributed by atoms with Gasteiger partial charge in [-0.05, 0) is 37.6 Å². The average Bonchev–Trinajstić information content (AvgIpc) is 2.80. The van der Waals surface area contributed by atoms with Crippen molar-refractivity contribution in [1.82, 2.24) is 14.9 Å². The summed E-state index contributed by atoms with van der Waals surface area (Å²) in [6.45, 7) is 2.16. The lowest BCUT2D eigenvalue weighted by molar-refractivity contribution is 0.533. The second-order valence-corrected chi connectivity index (χ2v) is 5.64. The lowest BCUT2D eigenvalue weighted by Crippen LogP contribution is -2.19. The molecule has 2 rings (SSSR count). The van der Waals surface area contributed by atoms with Gasteiger partial charge in [-0.15, -0.1) is 0 Å². The fraction of sp³-hybridized carbons (Fsp3) is 0.400. The molecule has 0 amide bonds. The molecule has 1 heterocycles. The first-order valence-corrected chi connectivity index (χ1v) is 7.31. The molecule has 3 nitrogen and oxygen atoms in total. The minimum Gasteiger partial charge on any atom is -0.338 e.